The van der Waals surface area contributed by atoms with Gasteiger partial charge < -0.3 is 10.1 Å². The van der Waals surface area contributed by atoms with E-state index in [9.17, 15) is 0 Å². The molecule has 11 aromatic rings. The highest BCUT2D eigenvalue weighted by atomic mass is 16.5. The molecule has 5 nitrogen and oxygen atoms in total. The summed E-state index contributed by atoms with van der Waals surface area (Å²) in [7, 11) is 0. The van der Waals surface area contributed by atoms with E-state index in [1.807, 2.05) is 24.3 Å². The molecule has 296 valence electrons. The minimum Gasteiger partial charge on any atom is -0.464 e. The molecule has 0 aliphatic carbocycles. The number of benzene rings is 10. The van der Waals surface area contributed by atoms with E-state index in [0.717, 1.165) is 77.7 Å². The second-order valence-corrected chi connectivity index (χ2v) is 16.0. The molecule has 0 saturated carbocycles. The molecule has 0 spiro atoms. The van der Waals surface area contributed by atoms with Crippen molar-refractivity contribution in [2.24, 2.45) is 0 Å². The molecule has 5 heteroatoms. The van der Waals surface area contributed by atoms with Crippen LogP contribution in [0.4, 0.5) is 5.69 Å². The Morgan fingerprint density at radius 1 is 0.317 bits per heavy atom. The van der Waals surface area contributed by atoms with E-state index in [2.05, 4.69) is 199 Å². The highest BCUT2D eigenvalue weighted by Crippen LogP contribution is 2.49. The van der Waals surface area contributed by atoms with E-state index < -0.39 is 0 Å². The highest BCUT2D eigenvalue weighted by molar-refractivity contribution is 6.18. The average molecular weight is 807 g/mol. The van der Waals surface area contributed by atoms with Gasteiger partial charge in [-0.25, -0.2) is 15.0 Å². The summed E-state index contributed by atoms with van der Waals surface area (Å²) < 4.78 is 6.72. The number of rotatable bonds is 7. The van der Waals surface area contributed by atoms with Crippen LogP contribution < -0.4 is 10.1 Å². The Bertz CT molecular complexity index is 3480. The van der Waals surface area contributed by atoms with Crippen LogP contribution in [0, 0.1) is 0 Å². The van der Waals surface area contributed by atoms with Crippen LogP contribution in [-0.4, -0.2) is 15.0 Å². The van der Waals surface area contributed by atoms with Crippen molar-refractivity contribution in [3.63, 3.8) is 0 Å². The predicted molar refractivity (Wildman–Crippen MR) is 258 cm³/mol. The summed E-state index contributed by atoms with van der Waals surface area (Å²) in [5, 5.41) is 10.7. The highest BCUT2D eigenvalue weighted by Gasteiger charge is 2.28. The molecule has 63 heavy (non-hydrogen) atoms. The lowest BCUT2D eigenvalue weighted by Gasteiger charge is -2.13. The summed E-state index contributed by atoms with van der Waals surface area (Å²) in [6.07, 6.45) is -0.266. The molecule has 1 aromatic heterocycles. The first-order valence-corrected chi connectivity index (χ1v) is 21.3. The number of anilines is 1. The number of ether oxygens (including phenoxy) is 1. The minimum absolute atomic E-state index is 0.266. The van der Waals surface area contributed by atoms with Gasteiger partial charge >= 0.3 is 0 Å². The predicted octanol–water partition coefficient (Wildman–Crippen LogP) is 14.8. The van der Waals surface area contributed by atoms with E-state index in [1.165, 1.54) is 21.7 Å². The summed E-state index contributed by atoms with van der Waals surface area (Å²) in [6.45, 7) is 0. The third-order valence-electron chi connectivity index (χ3n) is 12.2. The van der Waals surface area contributed by atoms with Crippen molar-refractivity contribution in [2.45, 2.75) is 6.23 Å². The molecule has 1 unspecified atom stereocenters. The molecule has 12 rings (SSSR count). The monoisotopic (exact) mass is 806 g/mol. The minimum atomic E-state index is -0.266. The maximum absolute atomic E-state index is 6.72. The largest absolute Gasteiger partial charge is 0.464 e. The van der Waals surface area contributed by atoms with Gasteiger partial charge in [-0.3, -0.25) is 0 Å². The van der Waals surface area contributed by atoms with Gasteiger partial charge in [0.05, 0.1) is 5.69 Å². The second kappa shape index (κ2) is 15.2. The van der Waals surface area contributed by atoms with E-state index >= 15 is 0 Å². The van der Waals surface area contributed by atoms with Crippen LogP contribution in [0.3, 0.4) is 0 Å². The molecule has 1 atom stereocenters. The molecule has 0 bridgehead atoms. The summed E-state index contributed by atoms with van der Waals surface area (Å²) >= 11 is 0. The first kappa shape index (κ1) is 36.4. The fraction of sp³-hybridized carbons (Fsp3) is 0.0172. The van der Waals surface area contributed by atoms with Crippen molar-refractivity contribution >= 4 is 38.0 Å². The maximum atomic E-state index is 6.72. The first-order valence-electron chi connectivity index (χ1n) is 21.3. The van der Waals surface area contributed by atoms with Crippen molar-refractivity contribution in [1.82, 2.24) is 15.0 Å². The number of hydrogen-bond acceptors (Lipinski definition) is 5. The van der Waals surface area contributed by atoms with Crippen molar-refractivity contribution in [3.8, 4) is 73.3 Å². The Kier molecular flexibility index (Phi) is 8.82. The number of nitrogens with one attached hydrogen (secondary N) is 1. The normalized spacial score (nSPS) is 13.2. The molecule has 10 aromatic carbocycles. The third-order valence-corrected chi connectivity index (χ3v) is 12.2. The molecule has 1 aliphatic heterocycles. The van der Waals surface area contributed by atoms with Crippen LogP contribution in [0.25, 0.3) is 99.9 Å². The molecule has 1 N–H and O–H groups in total. The number of aromatic nitrogens is 3. The van der Waals surface area contributed by atoms with Gasteiger partial charge in [-0.1, -0.05) is 206 Å². The van der Waals surface area contributed by atoms with Crippen LogP contribution in [0.1, 0.15) is 11.8 Å². The van der Waals surface area contributed by atoms with Gasteiger partial charge in [-0.2, -0.15) is 0 Å². The molecule has 1 aliphatic rings. The molecule has 0 fully saturated rings. The molecule has 0 saturated heterocycles. The van der Waals surface area contributed by atoms with E-state index in [0.29, 0.717) is 17.5 Å². The van der Waals surface area contributed by atoms with Gasteiger partial charge in [0.25, 0.3) is 0 Å². The summed E-state index contributed by atoms with van der Waals surface area (Å²) in [6, 6.07) is 76.5. The van der Waals surface area contributed by atoms with Crippen molar-refractivity contribution in [1.29, 1.82) is 0 Å². The second-order valence-electron chi connectivity index (χ2n) is 16.0. The van der Waals surface area contributed by atoms with Gasteiger partial charge in [0, 0.05) is 33.0 Å². The Labute approximate surface area is 365 Å². The van der Waals surface area contributed by atoms with Crippen LogP contribution in [0.15, 0.2) is 218 Å². The van der Waals surface area contributed by atoms with E-state index in [4.69, 9.17) is 19.7 Å². The van der Waals surface area contributed by atoms with Crippen LogP contribution in [0.2, 0.25) is 0 Å². The number of nitrogens with zero attached hydrogens (tertiary/aromatic N) is 3. The zero-order valence-corrected chi connectivity index (χ0v) is 34.1. The smallest absolute Gasteiger partial charge is 0.196 e. The Morgan fingerprint density at radius 2 is 0.746 bits per heavy atom. The van der Waals surface area contributed by atoms with Gasteiger partial charge in [-0.05, 0) is 67.1 Å². The van der Waals surface area contributed by atoms with Crippen molar-refractivity contribution < 1.29 is 4.74 Å². The van der Waals surface area contributed by atoms with Crippen LogP contribution in [-0.2, 0) is 0 Å². The lowest BCUT2D eigenvalue weighted by molar-refractivity contribution is 0.262. The summed E-state index contributed by atoms with van der Waals surface area (Å²) in [5.41, 5.74) is 11.7. The SMILES string of the molecule is c1ccc(-c2ccc(-c3nc(-c4ccc(-c5ccc6ccccc6c5)cc4)nc(-c4ccc(-c5ccc6c(c5)c5c(c7ccccc76)NC(c6ccccc6)O5)cc4)n3)cc2)cc1. The van der Waals surface area contributed by atoms with Crippen LogP contribution >= 0.6 is 0 Å². The first-order chi connectivity index (χ1) is 31.2. The number of hydrogen-bond donors (Lipinski definition) is 1. The zero-order chi connectivity index (χ0) is 41.7. The molecule has 0 radical (unpaired) electrons. The topological polar surface area (TPSA) is 59.9 Å². The molecular formula is C58H38N4O. The Morgan fingerprint density at radius 3 is 1.37 bits per heavy atom. The van der Waals surface area contributed by atoms with Crippen LogP contribution in [0.5, 0.6) is 5.75 Å². The maximum Gasteiger partial charge on any atom is 0.196 e. The fourth-order valence-corrected chi connectivity index (χ4v) is 8.86. The Hall–Kier alpha value is -8.41. The summed E-state index contributed by atoms with van der Waals surface area (Å²) in [5.74, 6) is 2.73. The fourth-order valence-electron chi connectivity index (χ4n) is 8.86. The molecule has 0 amide bonds. The third kappa shape index (κ3) is 6.73. The Balaban J connectivity index is 0.911. The van der Waals surface area contributed by atoms with Gasteiger partial charge in [0.1, 0.15) is 0 Å². The standard InChI is InChI=1S/C58H38N4O/c1-3-11-37(12-4-1)39-19-26-42(27-20-39)55-60-56(43-28-21-40(22-29-43)47-32-25-38-13-7-8-16-46(38)35-47)62-57(61-55)44-30-23-41(24-31-44)48-33-34-50-49-17-9-10-18-51(49)53-54(52(50)36-48)63-58(59-53)45-14-5-2-6-15-45/h1-36,58-59H. The van der Waals surface area contributed by atoms with Crippen molar-refractivity contribution in [3.05, 3.63) is 224 Å². The lowest BCUT2D eigenvalue weighted by atomic mass is 9.95. The average Bonchev–Trinajstić information content (AvgIpc) is 3.83. The summed E-state index contributed by atoms with van der Waals surface area (Å²) in [4.78, 5) is 15.3. The quantitative estimate of drug-likeness (QED) is 0.163. The van der Waals surface area contributed by atoms with E-state index in [1.54, 1.807) is 0 Å². The molecule has 2 heterocycles. The molecular weight excluding hydrogens is 769 g/mol. The lowest BCUT2D eigenvalue weighted by Crippen LogP contribution is -2.09. The van der Waals surface area contributed by atoms with Gasteiger partial charge in [0.15, 0.2) is 29.5 Å². The van der Waals surface area contributed by atoms with Crippen molar-refractivity contribution in [2.75, 3.05) is 5.32 Å². The van der Waals surface area contributed by atoms with E-state index in [-0.39, 0.29) is 6.23 Å². The number of fused-ring (bicyclic) bond motifs is 7. The van der Waals surface area contributed by atoms with Gasteiger partial charge in [-0.15, -0.1) is 0 Å². The zero-order valence-electron chi connectivity index (χ0n) is 34.1. The van der Waals surface area contributed by atoms with Gasteiger partial charge in [0.2, 0.25) is 0 Å².